The second kappa shape index (κ2) is 9.78. The fourth-order valence-corrected chi connectivity index (χ4v) is 4.43. The molecule has 2 aromatic heterocycles. The molecule has 8 heteroatoms. The molecule has 1 N–H and O–H groups in total. The molecular formula is C23H25N5O2S. The van der Waals surface area contributed by atoms with Crippen LogP contribution >= 0.6 is 11.5 Å². The van der Waals surface area contributed by atoms with Crippen LogP contribution in [0.25, 0.3) is 0 Å². The summed E-state index contributed by atoms with van der Waals surface area (Å²) in [4.78, 5) is 32.8. The normalized spacial score (nSPS) is 14.9. The van der Waals surface area contributed by atoms with E-state index < -0.39 is 6.04 Å². The maximum Gasteiger partial charge on any atom is 0.280 e. The van der Waals surface area contributed by atoms with E-state index in [4.69, 9.17) is 0 Å². The van der Waals surface area contributed by atoms with Crippen molar-refractivity contribution in [1.82, 2.24) is 19.9 Å². The first-order chi connectivity index (χ1) is 15.2. The first-order valence-corrected chi connectivity index (χ1v) is 11.4. The summed E-state index contributed by atoms with van der Waals surface area (Å²) in [5.41, 5.74) is 2.65. The maximum absolute atomic E-state index is 13.6. The molecule has 2 heterocycles. The summed E-state index contributed by atoms with van der Waals surface area (Å²) in [7, 11) is 0. The molecule has 31 heavy (non-hydrogen) atoms. The first kappa shape index (κ1) is 21.1. The van der Waals surface area contributed by atoms with Gasteiger partial charge in [-0.2, -0.15) is 0 Å². The van der Waals surface area contributed by atoms with E-state index in [2.05, 4.69) is 26.8 Å². The molecule has 0 aliphatic heterocycles. The number of anilines is 1. The largest absolute Gasteiger partial charge is 0.351 e. The van der Waals surface area contributed by atoms with E-state index >= 15 is 0 Å². The molecule has 1 fully saturated rings. The van der Waals surface area contributed by atoms with Crippen LogP contribution in [-0.2, 0) is 11.2 Å². The number of aromatic nitrogens is 3. The van der Waals surface area contributed by atoms with Crippen LogP contribution in [0.5, 0.6) is 0 Å². The van der Waals surface area contributed by atoms with Crippen LogP contribution in [0.2, 0.25) is 0 Å². The number of nitrogens with one attached hydrogen (secondary N) is 1. The lowest BCUT2D eigenvalue weighted by atomic mass is 10.0. The van der Waals surface area contributed by atoms with E-state index in [0.29, 0.717) is 11.3 Å². The highest BCUT2D eigenvalue weighted by Crippen LogP contribution is 2.31. The predicted molar refractivity (Wildman–Crippen MR) is 120 cm³/mol. The van der Waals surface area contributed by atoms with Crippen LogP contribution in [0.3, 0.4) is 0 Å². The minimum Gasteiger partial charge on any atom is -0.351 e. The van der Waals surface area contributed by atoms with Crippen molar-refractivity contribution in [3.63, 3.8) is 0 Å². The molecule has 4 rings (SSSR count). The lowest BCUT2D eigenvalue weighted by Gasteiger charge is -2.32. The highest BCUT2D eigenvalue weighted by molar-refractivity contribution is 7.03. The standard InChI is InChI=1S/C23H25N5O2S/c1-2-16-6-5-9-19(14-16)28(23(30)20-15-31-27-26-20)21(17-10-12-24-13-11-17)22(29)25-18-7-3-4-8-18/h5-6,9-15,18,21H,2-4,7-8H2,1H3,(H,25,29)/t21-/m0/s1. The zero-order valence-electron chi connectivity index (χ0n) is 17.4. The van der Waals surface area contributed by atoms with Crippen molar-refractivity contribution in [1.29, 1.82) is 0 Å². The van der Waals surface area contributed by atoms with Crippen molar-refractivity contribution < 1.29 is 9.59 Å². The average Bonchev–Trinajstić information content (AvgIpc) is 3.52. The van der Waals surface area contributed by atoms with Crippen molar-refractivity contribution in [3.8, 4) is 0 Å². The molecule has 0 spiro atoms. The maximum atomic E-state index is 13.6. The Balaban J connectivity index is 1.80. The zero-order chi connectivity index (χ0) is 21.6. The van der Waals surface area contributed by atoms with Gasteiger partial charge in [-0.15, -0.1) is 5.10 Å². The second-order valence-electron chi connectivity index (χ2n) is 7.66. The Bertz CT molecular complexity index is 1020. The molecule has 160 valence electrons. The third kappa shape index (κ3) is 4.80. The number of pyridine rings is 1. The van der Waals surface area contributed by atoms with Gasteiger partial charge < -0.3 is 5.32 Å². The monoisotopic (exact) mass is 435 g/mol. The van der Waals surface area contributed by atoms with E-state index in [1.807, 2.05) is 24.3 Å². The Morgan fingerprint density at radius 1 is 1.19 bits per heavy atom. The van der Waals surface area contributed by atoms with Crippen molar-refractivity contribution in [2.75, 3.05) is 4.90 Å². The SMILES string of the molecule is CCc1cccc(N(C(=O)c2csnn2)[C@H](C(=O)NC2CCCC2)c2ccncc2)c1. The van der Waals surface area contributed by atoms with E-state index in [9.17, 15) is 9.59 Å². The van der Waals surface area contributed by atoms with Gasteiger partial charge in [-0.3, -0.25) is 19.5 Å². The van der Waals surface area contributed by atoms with Crippen molar-refractivity contribution in [2.45, 2.75) is 51.1 Å². The van der Waals surface area contributed by atoms with Gasteiger partial charge >= 0.3 is 0 Å². The number of benzene rings is 1. The number of hydrogen-bond donors (Lipinski definition) is 1. The van der Waals surface area contributed by atoms with Gasteiger partial charge in [0.2, 0.25) is 5.91 Å². The summed E-state index contributed by atoms with van der Waals surface area (Å²) < 4.78 is 3.85. The van der Waals surface area contributed by atoms with Crippen LogP contribution in [0.15, 0.2) is 54.2 Å². The van der Waals surface area contributed by atoms with Gasteiger partial charge in [0.25, 0.3) is 5.91 Å². The van der Waals surface area contributed by atoms with Crippen LogP contribution in [0.1, 0.15) is 60.3 Å². The smallest absolute Gasteiger partial charge is 0.280 e. The summed E-state index contributed by atoms with van der Waals surface area (Å²) in [5.74, 6) is -0.554. The number of rotatable bonds is 7. The van der Waals surface area contributed by atoms with E-state index in [0.717, 1.165) is 49.2 Å². The molecule has 1 atom stereocenters. The van der Waals surface area contributed by atoms with Crippen LogP contribution in [0.4, 0.5) is 5.69 Å². The topological polar surface area (TPSA) is 88.1 Å². The van der Waals surface area contributed by atoms with Gasteiger partial charge in [-0.1, -0.05) is 36.4 Å². The third-order valence-electron chi connectivity index (χ3n) is 5.62. The molecule has 0 saturated heterocycles. The van der Waals surface area contributed by atoms with Gasteiger partial charge in [-0.05, 0) is 66.2 Å². The third-order valence-corrected chi connectivity index (χ3v) is 6.13. The minimum atomic E-state index is -0.843. The second-order valence-corrected chi connectivity index (χ2v) is 8.27. The summed E-state index contributed by atoms with van der Waals surface area (Å²) in [6.07, 6.45) is 8.24. The van der Waals surface area contributed by atoms with Crippen LogP contribution in [0, 0.1) is 0 Å². The summed E-state index contributed by atoms with van der Waals surface area (Å²) in [6.45, 7) is 2.06. The molecule has 1 aliphatic rings. The molecule has 1 aromatic carbocycles. The van der Waals surface area contributed by atoms with E-state index in [1.165, 1.54) is 4.90 Å². The molecule has 0 bridgehead atoms. The Labute approximate surface area is 185 Å². The van der Waals surface area contributed by atoms with Gasteiger partial charge in [-0.25, -0.2) is 0 Å². The summed E-state index contributed by atoms with van der Waals surface area (Å²) in [6, 6.07) is 10.6. The lowest BCUT2D eigenvalue weighted by molar-refractivity contribution is -0.123. The summed E-state index contributed by atoms with van der Waals surface area (Å²) in [5, 5.41) is 8.76. The lowest BCUT2D eigenvalue weighted by Crippen LogP contribution is -2.46. The Hall–Kier alpha value is -3.13. The Morgan fingerprint density at radius 3 is 2.65 bits per heavy atom. The van der Waals surface area contributed by atoms with Gasteiger partial charge in [0.15, 0.2) is 5.69 Å². The quantitative estimate of drug-likeness (QED) is 0.607. The average molecular weight is 436 g/mol. The highest BCUT2D eigenvalue weighted by Gasteiger charge is 2.35. The Kier molecular flexibility index (Phi) is 6.66. The molecule has 2 amide bonds. The van der Waals surface area contributed by atoms with E-state index in [1.54, 1.807) is 29.9 Å². The number of amides is 2. The Morgan fingerprint density at radius 2 is 1.97 bits per heavy atom. The number of carbonyl (C=O) groups is 2. The molecule has 1 aliphatic carbocycles. The zero-order valence-corrected chi connectivity index (χ0v) is 18.2. The van der Waals surface area contributed by atoms with Gasteiger partial charge in [0.05, 0.1) is 0 Å². The molecule has 0 unspecified atom stereocenters. The van der Waals surface area contributed by atoms with Crippen LogP contribution < -0.4 is 10.2 Å². The fourth-order valence-electron chi connectivity index (χ4n) is 4.00. The number of carbonyl (C=O) groups excluding carboxylic acids is 2. The first-order valence-electron chi connectivity index (χ1n) is 10.6. The highest BCUT2D eigenvalue weighted by atomic mass is 32.1. The predicted octanol–water partition coefficient (Wildman–Crippen LogP) is 3.94. The number of nitrogens with zero attached hydrogens (tertiary/aromatic N) is 4. The van der Waals surface area contributed by atoms with Crippen molar-refractivity contribution in [2.24, 2.45) is 0 Å². The molecule has 3 aromatic rings. The van der Waals surface area contributed by atoms with E-state index in [-0.39, 0.29) is 23.6 Å². The van der Waals surface area contributed by atoms with Gasteiger partial charge in [0, 0.05) is 29.5 Å². The minimum absolute atomic E-state index is 0.136. The summed E-state index contributed by atoms with van der Waals surface area (Å²) >= 11 is 1.11. The van der Waals surface area contributed by atoms with Crippen molar-refractivity contribution in [3.05, 3.63) is 71.0 Å². The fraction of sp³-hybridized carbons (Fsp3) is 0.348. The molecule has 0 radical (unpaired) electrons. The van der Waals surface area contributed by atoms with Crippen molar-refractivity contribution >= 4 is 29.0 Å². The van der Waals surface area contributed by atoms with Gasteiger partial charge in [0.1, 0.15) is 6.04 Å². The molecular weight excluding hydrogens is 410 g/mol. The van der Waals surface area contributed by atoms with Crippen LogP contribution in [-0.4, -0.2) is 32.4 Å². The number of hydrogen-bond acceptors (Lipinski definition) is 6. The molecule has 7 nitrogen and oxygen atoms in total. The molecule has 1 saturated carbocycles. The number of aryl methyl sites for hydroxylation is 1.